The molecule has 0 heterocycles. The number of nitrogens with one attached hydrogen (secondary N) is 2. The minimum absolute atomic E-state index is 0.113. The van der Waals surface area contributed by atoms with Crippen molar-refractivity contribution in [3.63, 3.8) is 0 Å². The van der Waals surface area contributed by atoms with Crippen molar-refractivity contribution in [1.29, 1.82) is 0 Å². The molecular weight excluding hydrogens is 400 g/mol. The molecule has 0 radical (unpaired) electrons. The lowest BCUT2D eigenvalue weighted by atomic mass is 10.1. The molecule has 2 rings (SSSR count). The number of halogens is 1. The Morgan fingerprint density at radius 1 is 1.21 bits per heavy atom. The smallest absolute Gasteiger partial charge is 0.216 e. The predicted octanol–water partition coefficient (Wildman–Crippen LogP) is 3.10. The average molecular weight is 425 g/mol. The summed E-state index contributed by atoms with van der Waals surface area (Å²) in [5.74, 6) is 0.644. The number of hydrogen-bond donors (Lipinski definition) is 3. The number of rotatable bonds is 8. The van der Waals surface area contributed by atoms with E-state index in [-0.39, 0.29) is 24.3 Å². The normalized spacial score (nSPS) is 12.2. The maximum Gasteiger partial charge on any atom is 0.216 e. The van der Waals surface area contributed by atoms with Gasteiger partial charge in [0.2, 0.25) is 10.0 Å². The monoisotopic (exact) mass is 424 g/mol. The number of hydrogen-bond acceptors (Lipinski definition) is 4. The van der Waals surface area contributed by atoms with Crippen molar-refractivity contribution in [2.45, 2.75) is 32.2 Å². The fourth-order valence-corrected chi connectivity index (χ4v) is 4.31. The quantitative estimate of drug-likeness (QED) is 0.446. The average Bonchev–Trinajstić information content (AvgIpc) is 2.59. The van der Waals surface area contributed by atoms with Crippen LogP contribution in [-0.4, -0.2) is 27.5 Å². The van der Waals surface area contributed by atoms with Crippen LogP contribution in [0.4, 0.5) is 5.69 Å². The largest absolute Gasteiger partial charge is 0.495 e. The van der Waals surface area contributed by atoms with E-state index >= 15 is 0 Å². The first-order valence-corrected chi connectivity index (χ1v) is 10.7. The number of anilines is 1. The highest BCUT2D eigenvalue weighted by Gasteiger charge is 2.15. The van der Waals surface area contributed by atoms with Gasteiger partial charge in [-0.2, -0.15) is 0 Å². The molecule has 0 aliphatic rings. The summed E-state index contributed by atoms with van der Waals surface area (Å²) in [7, 11) is -1.89. The van der Waals surface area contributed by atoms with Crippen molar-refractivity contribution in [3.8, 4) is 5.75 Å². The van der Waals surface area contributed by atoms with Crippen LogP contribution in [0.15, 0.2) is 47.5 Å². The van der Waals surface area contributed by atoms with Crippen molar-refractivity contribution >= 4 is 33.3 Å². The second-order valence-electron chi connectivity index (χ2n) is 6.48. The van der Waals surface area contributed by atoms with E-state index in [0.717, 1.165) is 5.56 Å². The molecule has 0 saturated carbocycles. The Bertz CT molecular complexity index is 946. The zero-order valence-electron chi connectivity index (χ0n) is 16.1. The molecule has 0 spiro atoms. The lowest BCUT2D eigenvalue weighted by molar-refractivity contribution is 0.415. The molecule has 152 valence electrons. The summed E-state index contributed by atoms with van der Waals surface area (Å²) in [6.07, 6.45) is 0. The minimum Gasteiger partial charge on any atom is -0.495 e. The number of aliphatic imine (C=N–C) groups is 1. The second kappa shape index (κ2) is 9.77. The number of sulfonamides is 1. The van der Waals surface area contributed by atoms with Crippen LogP contribution in [0.25, 0.3) is 0 Å². The molecule has 7 nitrogen and oxygen atoms in total. The van der Waals surface area contributed by atoms with Gasteiger partial charge in [0, 0.05) is 11.7 Å². The van der Waals surface area contributed by atoms with Crippen LogP contribution in [0.2, 0.25) is 5.02 Å². The summed E-state index contributed by atoms with van der Waals surface area (Å²) >= 11 is 6.10. The standard InChI is InChI=1S/C19H25ClN4O3S/c1-13(2)24-28(25,26)12-15-7-5-4-6-14(15)11-22-19(21)23-16-8-9-18(27-3)17(20)10-16/h4-10,13,24H,11-12H2,1-3H3,(H3,21,22,23). The van der Waals surface area contributed by atoms with Crippen molar-refractivity contribution in [2.24, 2.45) is 10.7 Å². The summed E-state index contributed by atoms with van der Waals surface area (Å²) in [6.45, 7) is 3.81. The Kier molecular flexibility index (Phi) is 7.68. The summed E-state index contributed by atoms with van der Waals surface area (Å²) in [4.78, 5) is 4.31. The molecule has 4 N–H and O–H groups in total. The van der Waals surface area contributed by atoms with Gasteiger partial charge < -0.3 is 15.8 Å². The first-order valence-electron chi connectivity index (χ1n) is 8.67. The van der Waals surface area contributed by atoms with Crippen LogP contribution in [0.3, 0.4) is 0 Å². The second-order valence-corrected chi connectivity index (χ2v) is 8.64. The number of nitrogens with zero attached hydrogens (tertiary/aromatic N) is 1. The van der Waals surface area contributed by atoms with Gasteiger partial charge in [-0.05, 0) is 43.2 Å². The molecule has 28 heavy (non-hydrogen) atoms. The highest BCUT2D eigenvalue weighted by Crippen LogP contribution is 2.27. The number of ether oxygens (including phenoxy) is 1. The van der Waals surface area contributed by atoms with Crippen LogP contribution >= 0.6 is 11.6 Å². The van der Waals surface area contributed by atoms with Gasteiger partial charge in [0.25, 0.3) is 0 Å². The lowest BCUT2D eigenvalue weighted by Crippen LogP contribution is -2.31. The fraction of sp³-hybridized carbons (Fsp3) is 0.316. The lowest BCUT2D eigenvalue weighted by Gasteiger charge is -2.12. The highest BCUT2D eigenvalue weighted by atomic mass is 35.5. The fourth-order valence-electron chi connectivity index (χ4n) is 2.56. The van der Waals surface area contributed by atoms with Crippen LogP contribution in [0.1, 0.15) is 25.0 Å². The first kappa shape index (κ1) is 22.0. The van der Waals surface area contributed by atoms with Gasteiger partial charge in [-0.15, -0.1) is 0 Å². The number of nitrogens with two attached hydrogens (primary N) is 1. The molecule has 0 aliphatic carbocycles. The van der Waals surface area contributed by atoms with Gasteiger partial charge in [-0.3, -0.25) is 0 Å². The molecule has 0 atom stereocenters. The van der Waals surface area contributed by atoms with E-state index in [1.807, 2.05) is 12.1 Å². The topological polar surface area (TPSA) is 106 Å². The Morgan fingerprint density at radius 2 is 1.89 bits per heavy atom. The van der Waals surface area contributed by atoms with E-state index in [0.29, 0.717) is 22.0 Å². The third-order valence-corrected chi connectivity index (χ3v) is 5.54. The van der Waals surface area contributed by atoms with E-state index in [9.17, 15) is 8.42 Å². The molecule has 0 fully saturated rings. The molecule has 0 unspecified atom stereocenters. The Labute approximate surface area is 171 Å². The number of benzene rings is 2. The van der Waals surface area contributed by atoms with Crippen molar-refractivity contribution in [3.05, 3.63) is 58.6 Å². The van der Waals surface area contributed by atoms with Crippen molar-refractivity contribution in [2.75, 3.05) is 12.4 Å². The third kappa shape index (κ3) is 6.70. The molecule has 0 saturated heterocycles. The van der Waals surface area contributed by atoms with Gasteiger partial charge in [0.15, 0.2) is 5.96 Å². The molecule has 0 aliphatic heterocycles. The zero-order valence-corrected chi connectivity index (χ0v) is 17.6. The van der Waals surface area contributed by atoms with Gasteiger partial charge >= 0.3 is 0 Å². The van der Waals surface area contributed by atoms with E-state index in [1.165, 1.54) is 0 Å². The van der Waals surface area contributed by atoms with E-state index in [4.69, 9.17) is 22.1 Å². The summed E-state index contributed by atoms with van der Waals surface area (Å²) in [6, 6.07) is 12.3. The molecule has 9 heteroatoms. The highest BCUT2D eigenvalue weighted by molar-refractivity contribution is 7.88. The zero-order chi connectivity index (χ0) is 20.7. The van der Waals surface area contributed by atoms with Gasteiger partial charge in [0.1, 0.15) is 5.75 Å². The van der Waals surface area contributed by atoms with Gasteiger partial charge in [0.05, 0.1) is 24.4 Å². The molecule has 0 amide bonds. The van der Waals surface area contributed by atoms with Gasteiger partial charge in [-0.1, -0.05) is 35.9 Å². The summed E-state index contributed by atoms with van der Waals surface area (Å²) < 4.78 is 32.1. The maximum absolute atomic E-state index is 12.2. The summed E-state index contributed by atoms with van der Waals surface area (Å²) in [5.41, 5.74) is 8.09. The molecular formula is C19H25ClN4O3S. The van der Waals surface area contributed by atoms with Crippen LogP contribution in [0, 0.1) is 0 Å². The first-order chi connectivity index (χ1) is 13.2. The number of guanidine groups is 1. The Hall–Kier alpha value is -2.29. The molecule has 2 aromatic rings. The Balaban J connectivity index is 2.10. The van der Waals surface area contributed by atoms with E-state index < -0.39 is 10.0 Å². The van der Waals surface area contributed by atoms with Crippen molar-refractivity contribution < 1.29 is 13.2 Å². The van der Waals surface area contributed by atoms with Crippen LogP contribution < -0.4 is 20.5 Å². The molecule has 0 bridgehead atoms. The van der Waals surface area contributed by atoms with Crippen molar-refractivity contribution in [1.82, 2.24) is 4.72 Å². The minimum atomic E-state index is -3.43. The van der Waals surface area contributed by atoms with Gasteiger partial charge in [-0.25, -0.2) is 18.1 Å². The van der Waals surface area contributed by atoms with Crippen LogP contribution in [0.5, 0.6) is 5.75 Å². The SMILES string of the molecule is COc1ccc(NC(N)=NCc2ccccc2CS(=O)(=O)NC(C)C)cc1Cl. The van der Waals surface area contributed by atoms with E-state index in [2.05, 4.69) is 15.0 Å². The third-order valence-electron chi connectivity index (χ3n) is 3.72. The number of methoxy groups -OCH3 is 1. The summed E-state index contributed by atoms with van der Waals surface area (Å²) in [5, 5.41) is 3.41. The maximum atomic E-state index is 12.2. The van der Waals surface area contributed by atoms with Crippen LogP contribution in [-0.2, 0) is 22.3 Å². The predicted molar refractivity (Wildman–Crippen MR) is 114 cm³/mol. The molecule has 2 aromatic carbocycles. The van der Waals surface area contributed by atoms with E-state index in [1.54, 1.807) is 51.3 Å². The Morgan fingerprint density at radius 3 is 2.50 bits per heavy atom. The molecule has 0 aromatic heterocycles.